The van der Waals surface area contributed by atoms with Crippen LogP contribution in [0.5, 0.6) is 17.2 Å². The van der Waals surface area contributed by atoms with Gasteiger partial charge in [-0.05, 0) is 25.1 Å². The number of methoxy groups -OCH3 is 2. The summed E-state index contributed by atoms with van der Waals surface area (Å²) < 4.78 is 15.9. The molecule has 1 aliphatic rings. The van der Waals surface area contributed by atoms with E-state index in [4.69, 9.17) is 14.2 Å². The van der Waals surface area contributed by atoms with Gasteiger partial charge in [0.2, 0.25) is 5.91 Å². The molecule has 1 unspecified atom stereocenters. The maximum atomic E-state index is 12.6. The van der Waals surface area contributed by atoms with Gasteiger partial charge in [0, 0.05) is 49.3 Å². The number of Topliss-reactive ketones (excluding diaryl/α,β-unsaturated/α-hetero) is 1. The number of likely N-dealkylation sites (N-methyl/N-ethyl adjacent to an activating group) is 1. The number of anilines is 2. The summed E-state index contributed by atoms with van der Waals surface area (Å²) in [5, 5.41) is 2.74. The lowest BCUT2D eigenvalue weighted by Crippen LogP contribution is -2.42. The Morgan fingerprint density at radius 2 is 1.73 bits per heavy atom. The van der Waals surface area contributed by atoms with Crippen molar-refractivity contribution in [2.75, 3.05) is 31.5 Å². The van der Waals surface area contributed by atoms with Crippen molar-refractivity contribution >= 4 is 29.0 Å². The first-order chi connectivity index (χ1) is 14.3. The van der Waals surface area contributed by atoms with Gasteiger partial charge in [-0.1, -0.05) is 0 Å². The third kappa shape index (κ3) is 4.53. The highest BCUT2D eigenvalue weighted by molar-refractivity contribution is 6.04. The number of benzene rings is 2. The number of hydrogen-bond acceptors (Lipinski definition) is 6. The summed E-state index contributed by atoms with van der Waals surface area (Å²) in [5.41, 5.74) is 1.48. The Balaban J connectivity index is 1.63. The van der Waals surface area contributed by atoms with Crippen molar-refractivity contribution in [1.29, 1.82) is 0 Å². The molecule has 1 aliphatic heterocycles. The normalized spacial score (nSPS) is 15.1. The fourth-order valence-corrected chi connectivity index (χ4v) is 3.16. The Morgan fingerprint density at radius 1 is 1.07 bits per heavy atom. The van der Waals surface area contributed by atoms with Crippen LogP contribution in [0.25, 0.3) is 0 Å². The standard InChI is InChI=1S/C22H24N2O6/c1-13-22(27)24(2)18-9-14(5-7-20(18)30-13)19(25)6-8-21(26)23-15-10-16(28-3)12-17(11-15)29-4/h5,7,9-13H,6,8H2,1-4H3,(H,23,26). The van der Waals surface area contributed by atoms with E-state index in [2.05, 4.69) is 5.32 Å². The second-order valence-electron chi connectivity index (χ2n) is 6.91. The number of ether oxygens (including phenoxy) is 3. The quantitative estimate of drug-likeness (QED) is 0.703. The third-order valence-corrected chi connectivity index (χ3v) is 4.84. The highest BCUT2D eigenvalue weighted by Crippen LogP contribution is 2.34. The van der Waals surface area contributed by atoms with Crippen LogP contribution in [-0.4, -0.2) is 45.0 Å². The summed E-state index contributed by atoms with van der Waals surface area (Å²) in [4.78, 5) is 38.4. The summed E-state index contributed by atoms with van der Waals surface area (Å²) in [5.74, 6) is 0.956. The first-order valence-corrected chi connectivity index (χ1v) is 9.46. The molecule has 0 bridgehead atoms. The summed E-state index contributed by atoms with van der Waals surface area (Å²) in [6, 6.07) is 9.96. The molecule has 0 aromatic heterocycles. The molecule has 0 radical (unpaired) electrons. The lowest BCUT2D eigenvalue weighted by atomic mass is 10.0. The Labute approximate surface area is 174 Å². The Morgan fingerprint density at radius 3 is 2.37 bits per heavy atom. The molecule has 30 heavy (non-hydrogen) atoms. The van der Waals surface area contributed by atoms with E-state index >= 15 is 0 Å². The van der Waals surface area contributed by atoms with Crippen molar-refractivity contribution in [2.24, 2.45) is 0 Å². The van der Waals surface area contributed by atoms with E-state index < -0.39 is 6.10 Å². The number of amides is 2. The lowest BCUT2D eigenvalue weighted by molar-refractivity contribution is -0.125. The van der Waals surface area contributed by atoms with E-state index in [1.54, 1.807) is 50.4 Å². The fraction of sp³-hybridized carbons (Fsp3) is 0.318. The van der Waals surface area contributed by atoms with Crippen molar-refractivity contribution in [3.63, 3.8) is 0 Å². The molecule has 1 N–H and O–H groups in total. The molecule has 0 saturated heterocycles. The first kappa shape index (κ1) is 21.2. The van der Waals surface area contributed by atoms with Crippen molar-refractivity contribution < 1.29 is 28.6 Å². The summed E-state index contributed by atoms with van der Waals surface area (Å²) in [6.07, 6.45) is -0.527. The van der Waals surface area contributed by atoms with Crippen LogP contribution in [0.1, 0.15) is 30.1 Å². The van der Waals surface area contributed by atoms with Gasteiger partial charge in [-0.25, -0.2) is 0 Å². The van der Waals surface area contributed by atoms with Crippen molar-refractivity contribution in [1.82, 2.24) is 0 Å². The van der Waals surface area contributed by atoms with Gasteiger partial charge in [0.25, 0.3) is 5.91 Å². The van der Waals surface area contributed by atoms with Crippen molar-refractivity contribution in [3.8, 4) is 17.2 Å². The van der Waals surface area contributed by atoms with E-state index in [0.29, 0.717) is 34.2 Å². The number of nitrogens with zero attached hydrogens (tertiary/aromatic N) is 1. The van der Waals surface area contributed by atoms with E-state index in [1.807, 2.05) is 0 Å². The Hall–Kier alpha value is -3.55. The smallest absolute Gasteiger partial charge is 0.267 e. The number of carbonyl (C=O) groups excluding carboxylic acids is 3. The minimum atomic E-state index is -0.567. The molecule has 2 aromatic carbocycles. The van der Waals surface area contributed by atoms with Gasteiger partial charge in [0.05, 0.1) is 19.9 Å². The van der Waals surface area contributed by atoms with Crippen molar-refractivity contribution in [3.05, 3.63) is 42.0 Å². The summed E-state index contributed by atoms with van der Waals surface area (Å²) in [7, 11) is 4.69. The van der Waals surface area contributed by atoms with Crippen LogP contribution in [0.15, 0.2) is 36.4 Å². The van der Waals surface area contributed by atoms with Crippen LogP contribution in [0.4, 0.5) is 11.4 Å². The predicted molar refractivity (Wildman–Crippen MR) is 112 cm³/mol. The van der Waals surface area contributed by atoms with Gasteiger partial charge in [0.15, 0.2) is 11.9 Å². The predicted octanol–water partition coefficient (Wildman–Crippen LogP) is 3.05. The second kappa shape index (κ2) is 8.86. The molecule has 0 spiro atoms. The van der Waals surface area contributed by atoms with Gasteiger partial charge in [-0.15, -0.1) is 0 Å². The molecule has 2 amide bonds. The van der Waals surface area contributed by atoms with E-state index in [-0.39, 0.29) is 30.4 Å². The first-order valence-electron chi connectivity index (χ1n) is 9.46. The average Bonchev–Trinajstić information content (AvgIpc) is 2.75. The monoisotopic (exact) mass is 412 g/mol. The zero-order chi connectivity index (χ0) is 21.8. The van der Waals surface area contributed by atoms with Gasteiger partial charge in [-0.2, -0.15) is 0 Å². The SMILES string of the molecule is COc1cc(NC(=O)CCC(=O)c2ccc3c(c2)N(C)C(=O)C(C)O3)cc(OC)c1. The molecular weight excluding hydrogens is 388 g/mol. The van der Waals surface area contributed by atoms with Gasteiger partial charge < -0.3 is 24.4 Å². The number of rotatable bonds is 7. The van der Waals surface area contributed by atoms with E-state index in [1.165, 1.54) is 19.1 Å². The number of ketones is 1. The molecule has 0 saturated carbocycles. The number of nitrogens with one attached hydrogen (secondary N) is 1. The van der Waals surface area contributed by atoms with Crippen LogP contribution >= 0.6 is 0 Å². The topological polar surface area (TPSA) is 94.2 Å². The summed E-state index contributed by atoms with van der Waals surface area (Å²) in [6.45, 7) is 1.68. The number of hydrogen-bond donors (Lipinski definition) is 1. The van der Waals surface area contributed by atoms with Crippen LogP contribution in [0.2, 0.25) is 0 Å². The molecule has 0 aliphatic carbocycles. The average molecular weight is 412 g/mol. The van der Waals surface area contributed by atoms with Crippen LogP contribution < -0.4 is 24.4 Å². The summed E-state index contributed by atoms with van der Waals surface area (Å²) >= 11 is 0. The van der Waals surface area contributed by atoms with E-state index in [0.717, 1.165) is 0 Å². The fourth-order valence-electron chi connectivity index (χ4n) is 3.16. The van der Waals surface area contributed by atoms with Crippen molar-refractivity contribution in [2.45, 2.75) is 25.9 Å². The third-order valence-electron chi connectivity index (χ3n) is 4.84. The highest BCUT2D eigenvalue weighted by atomic mass is 16.5. The number of fused-ring (bicyclic) bond motifs is 1. The lowest BCUT2D eigenvalue weighted by Gasteiger charge is -2.30. The zero-order valence-electron chi connectivity index (χ0n) is 17.4. The zero-order valence-corrected chi connectivity index (χ0v) is 17.4. The molecule has 3 rings (SSSR count). The molecule has 0 fully saturated rings. The van der Waals surface area contributed by atoms with Gasteiger partial charge in [0.1, 0.15) is 17.2 Å². The second-order valence-corrected chi connectivity index (χ2v) is 6.91. The molecule has 2 aromatic rings. The molecule has 8 heteroatoms. The maximum absolute atomic E-state index is 12.6. The van der Waals surface area contributed by atoms with Gasteiger partial charge >= 0.3 is 0 Å². The molecule has 158 valence electrons. The Kier molecular flexibility index (Phi) is 6.25. The molecule has 1 heterocycles. The molecule has 8 nitrogen and oxygen atoms in total. The van der Waals surface area contributed by atoms with Crippen LogP contribution in [-0.2, 0) is 9.59 Å². The maximum Gasteiger partial charge on any atom is 0.267 e. The molecular formula is C22H24N2O6. The van der Waals surface area contributed by atoms with E-state index in [9.17, 15) is 14.4 Å². The molecule has 1 atom stereocenters. The number of carbonyl (C=O) groups is 3. The van der Waals surface area contributed by atoms with Crippen LogP contribution in [0, 0.1) is 0 Å². The van der Waals surface area contributed by atoms with Gasteiger partial charge in [-0.3, -0.25) is 14.4 Å². The minimum absolute atomic E-state index is 0.0117. The largest absolute Gasteiger partial charge is 0.497 e. The minimum Gasteiger partial charge on any atom is -0.497 e. The highest BCUT2D eigenvalue weighted by Gasteiger charge is 2.29. The Bertz CT molecular complexity index is 965. The van der Waals surface area contributed by atoms with Crippen LogP contribution in [0.3, 0.4) is 0 Å².